The van der Waals surface area contributed by atoms with Crippen molar-refractivity contribution in [2.24, 2.45) is 17.6 Å². The lowest BCUT2D eigenvalue weighted by Crippen LogP contribution is -2.63. The molecule has 1 saturated heterocycles. The van der Waals surface area contributed by atoms with Crippen molar-refractivity contribution in [3.05, 3.63) is 45.9 Å². The van der Waals surface area contributed by atoms with Gasteiger partial charge in [-0.15, -0.1) is 24.8 Å². The van der Waals surface area contributed by atoms with Crippen LogP contribution in [0.5, 0.6) is 5.75 Å². The third-order valence-corrected chi connectivity index (χ3v) is 8.69. The molecular formula is C28H36Cl2N4O8. The second kappa shape index (κ2) is 12.2. The van der Waals surface area contributed by atoms with Gasteiger partial charge in [0.1, 0.15) is 17.1 Å². The molecule has 0 saturated carbocycles. The lowest BCUT2D eigenvalue weighted by molar-refractivity contribution is -0.148. The van der Waals surface area contributed by atoms with Gasteiger partial charge in [-0.25, -0.2) is 0 Å². The summed E-state index contributed by atoms with van der Waals surface area (Å²) in [5.74, 6) is -7.44. The number of primary amides is 1. The monoisotopic (exact) mass is 626 g/mol. The standard InChI is InChI=1S/C28H34N4O8.2ClH/c1-31(2)21-15-11-14-10-13-6-7-16(30-17(33)12-32-8-4-3-5-9-32)22(34)18(13)23(35)19(14)25(37)28(15,40)26(38)20(24(21)36)27(29)39;;/h6-7,14-15,21,34,36-37,40H,3-5,8-12H2,1-2H3,(H2,29,39)(H,30,33);2*1H/t14?,15?,21-,28-;;/m0../s1. The van der Waals surface area contributed by atoms with Crippen molar-refractivity contribution >= 4 is 53.9 Å². The SMILES string of the molecule is CN(C)[C@@H]1C(O)=C(C(N)=O)C(=O)[C@@]2(O)C(O)=C3C(=O)c4c(ccc(NC(=O)CN5CCCCC5)c4O)CC3CC12.Cl.Cl. The molecule has 4 aliphatic rings. The lowest BCUT2D eigenvalue weighted by atomic mass is 9.58. The Bertz CT molecular complexity index is 1390. The Kier molecular flexibility index (Phi) is 9.70. The summed E-state index contributed by atoms with van der Waals surface area (Å²) in [5, 5.41) is 47.5. The number of benzene rings is 1. The number of aromatic hydroxyl groups is 1. The molecule has 2 unspecified atom stereocenters. The first-order valence-corrected chi connectivity index (χ1v) is 13.4. The second-order valence-electron chi connectivity index (χ2n) is 11.3. The van der Waals surface area contributed by atoms with E-state index in [0.717, 1.165) is 32.4 Å². The molecule has 2 amide bonds. The molecule has 0 aromatic heterocycles. The Morgan fingerprint density at radius 2 is 1.74 bits per heavy atom. The first-order valence-electron chi connectivity index (χ1n) is 13.4. The van der Waals surface area contributed by atoms with Gasteiger partial charge < -0.3 is 31.5 Å². The number of phenolic OH excluding ortho intramolecular Hbond substituents is 1. The molecule has 1 heterocycles. The third-order valence-electron chi connectivity index (χ3n) is 8.69. The highest BCUT2D eigenvalue weighted by Gasteiger charge is 2.63. The molecule has 1 aromatic carbocycles. The molecule has 1 aliphatic heterocycles. The molecule has 4 atom stereocenters. The van der Waals surface area contributed by atoms with E-state index in [1.165, 1.54) is 11.0 Å². The number of nitrogens with two attached hydrogens (primary N) is 1. The average Bonchev–Trinajstić information content (AvgIpc) is 2.88. The van der Waals surface area contributed by atoms with E-state index in [2.05, 4.69) is 5.32 Å². The number of piperidine rings is 1. The average molecular weight is 628 g/mol. The van der Waals surface area contributed by atoms with Crippen molar-refractivity contribution in [2.75, 3.05) is 39.0 Å². The first kappa shape index (κ1) is 33.3. The molecule has 3 aliphatic carbocycles. The van der Waals surface area contributed by atoms with E-state index in [1.54, 1.807) is 20.2 Å². The van der Waals surface area contributed by atoms with Gasteiger partial charge in [-0.2, -0.15) is 0 Å². The maximum atomic E-state index is 13.8. The van der Waals surface area contributed by atoms with Gasteiger partial charge in [-0.1, -0.05) is 12.5 Å². The van der Waals surface area contributed by atoms with Crippen LogP contribution in [0.4, 0.5) is 5.69 Å². The van der Waals surface area contributed by atoms with Crippen LogP contribution >= 0.6 is 24.8 Å². The van der Waals surface area contributed by atoms with E-state index < -0.39 is 63.8 Å². The van der Waals surface area contributed by atoms with Gasteiger partial charge in [0, 0.05) is 11.5 Å². The van der Waals surface area contributed by atoms with Gasteiger partial charge in [-0.3, -0.25) is 29.0 Å². The Hall–Kier alpha value is -3.16. The maximum Gasteiger partial charge on any atom is 0.255 e. The Morgan fingerprint density at radius 3 is 2.33 bits per heavy atom. The highest BCUT2D eigenvalue weighted by molar-refractivity contribution is 6.25. The smallest absolute Gasteiger partial charge is 0.255 e. The summed E-state index contributed by atoms with van der Waals surface area (Å²) in [7, 11) is 3.15. The number of aliphatic hydroxyl groups is 3. The van der Waals surface area contributed by atoms with Crippen molar-refractivity contribution in [1.29, 1.82) is 0 Å². The van der Waals surface area contributed by atoms with Gasteiger partial charge >= 0.3 is 0 Å². The minimum absolute atomic E-state index is 0. The van der Waals surface area contributed by atoms with Gasteiger partial charge in [0.25, 0.3) is 5.91 Å². The molecular weight excluding hydrogens is 591 g/mol. The molecule has 1 fully saturated rings. The van der Waals surface area contributed by atoms with Gasteiger partial charge in [-0.05, 0) is 70.4 Å². The van der Waals surface area contributed by atoms with Crippen LogP contribution in [0.3, 0.4) is 0 Å². The molecule has 0 radical (unpaired) electrons. The quantitative estimate of drug-likeness (QED) is 0.205. The third kappa shape index (κ3) is 5.15. The van der Waals surface area contributed by atoms with Crippen LogP contribution in [0.2, 0.25) is 0 Å². The van der Waals surface area contributed by atoms with E-state index in [4.69, 9.17) is 5.73 Å². The number of Topliss-reactive ketones (excluding diaryl/α,β-unsaturated/α-hetero) is 2. The van der Waals surface area contributed by atoms with E-state index in [9.17, 15) is 39.6 Å². The summed E-state index contributed by atoms with van der Waals surface area (Å²) < 4.78 is 0. The number of hydrogen-bond donors (Lipinski definition) is 6. The second-order valence-corrected chi connectivity index (χ2v) is 11.3. The zero-order valence-electron chi connectivity index (χ0n) is 23.3. The van der Waals surface area contributed by atoms with Gasteiger partial charge in [0.05, 0.1) is 23.8 Å². The number of anilines is 1. The predicted molar refractivity (Wildman–Crippen MR) is 157 cm³/mol. The molecule has 42 heavy (non-hydrogen) atoms. The molecule has 230 valence electrons. The number of hydrogen-bond acceptors (Lipinski definition) is 10. The highest BCUT2D eigenvalue weighted by atomic mass is 35.5. The number of likely N-dealkylation sites (tertiary alicyclic amines) is 1. The number of halogens is 2. The number of phenols is 1. The fourth-order valence-corrected chi connectivity index (χ4v) is 6.84. The molecule has 7 N–H and O–H groups in total. The van der Waals surface area contributed by atoms with Crippen molar-refractivity contribution < 1.29 is 39.6 Å². The number of ketones is 2. The van der Waals surface area contributed by atoms with Crippen molar-refractivity contribution in [3.8, 4) is 5.75 Å². The summed E-state index contributed by atoms with van der Waals surface area (Å²) >= 11 is 0. The summed E-state index contributed by atoms with van der Waals surface area (Å²) in [6.07, 6.45) is 3.33. The zero-order valence-corrected chi connectivity index (χ0v) is 24.9. The largest absolute Gasteiger partial charge is 0.510 e. The normalized spacial score (nSPS) is 27.4. The predicted octanol–water partition coefficient (Wildman–Crippen LogP) is 1.39. The Balaban J connectivity index is 0.00000242. The number of nitrogens with one attached hydrogen (secondary N) is 1. The van der Waals surface area contributed by atoms with Crippen LogP contribution in [-0.2, 0) is 20.8 Å². The zero-order chi connectivity index (χ0) is 29.1. The fraction of sp³-hybridized carbons (Fsp3) is 0.500. The van der Waals surface area contributed by atoms with Crippen LogP contribution in [0, 0.1) is 11.8 Å². The maximum absolute atomic E-state index is 13.8. The van der Waals surface area contributed by atoms with Gasteiger partial charge in [0.2, 0.25) is 11.7 Å². The summed E-state index contributed by atoms with van der Waals surface area (Å²) in [5.41, 5.74) is 1.93. The van der Waals surface area contributed by atoms with Crippen molar-refractivity contribution in [1.82, 2.24) is 9.80 Å². The van der Waals surface area contributed by atoms with Gasteiger partial charge in [0.15, 0.2) is 17.1 Å². The van der Waals surface area contributed by atoms with E-state index in [0.29, 0.717) is 5.56 Å². The Morgan fingerprint density at radius 1 is 1.10 bits per heavy atom. The van der Waals surface area contributed by atoms with Crippen LogP contribution in [0.1, 0.15) is 41.6 Å². The molecule has 14 heteroatoms. The number of aliphatic hydroxyl groups excluding tert-OH is 2. The van der Waals surface area contributed by atoms with Crippen LogP contribution in [0.25, 0.3) is 0 Å². The van der Waals surface area contributed by atoms with Crippen LogP contribution in [0.15, 0.2) is 34.8 Å². The van der Waals surface area contributed by atoms with Crippen molar-refractivity contribution in [2.45, 2.75) is 43.7 Å². The Labute approximate surface area is 255 Å². The summed E-state index contributed by atoms with van der Waals surface area (Å²) in [4.78, 5) is 55.4. The minimum atomic E-state index is -2.69. The fourth-order valence-electron chi connectivity index (χ4n) is 6.84. The number of rotatable bonds is 5. The topological polar surface area (TPSA) is 194 Å². The number of carbonyl (C=O) groups is 4. The van der Waals surface area contributed by atoms with Crippen molar-refractivity contribution in [3.63, 3.8) is 0 Å². The number of nitrogens with zero attached hydrogens (tertiary/aromatic N) is 2. The number of likely N-dealkylation sites (N-methyl/N-ethyl adjacent to an activating group) is 1. The highest BCUT2D eigenvalue weighted by Crippen LogP contribution is 2.52. The number of amides is 2. The molecule has 1 aromatic rings. The summed E-state index contributed by atoms with van der Waals surface area (Å²) in [6, 6.07) is 2.09. The number of fused-ring (bicyclic) bond motifs is 3. The molecule has 12 nitrogen and oxygen atoms in total. The van der Waals surface area contributed by atoms with E-state index >= 15 is 0 Å². The van der Waals surface area contributed by atoms with Crippen LogP contribution in [-0.4, -0.2) is 99.0 Å². The molecule has 0 spiro atoms. The number of allylic oxidation sites excluding steroid dienone is 1. The van der Waals surface area contributed by atoms with E-state index in [-0.39, 0.29) is 66.9 Å². The molecule has 0 bridgehead atoms. The number of carbonyl (C=O) groups excluding carboxylic acids is 4. The lowest BCUT2D eigenvalue weighted by Gasteiger charge is -2.50. The first-order chi connectivity index (χ1) is 18.9. The van der Waals surface area contributed by atoms with E-state index in [1.807, 2.05) is 4.90 Å². The minimum Gasteiger partial charge on any atom is -0.510 e. The van der Waals surface area contributed by atoms with Crippen LogP contribution < -0.4 is 11.1 Å². The summed E-state index contributed by atoms with van der Waals surface area (Å²) in [6.45, 7) is 1.75. The molecule has 5 rings (SSSR count).